The van der Waals surface area contributed by atoms with Gasteiger partial charge in [-0.05, 0) is 13.3 Å². The summed E-state index contributed by atoms with van der Waals surface area (Å²) < 4.78 is 3.93. The number of imidazole rings is 1. The van der Waals surface area contributed by atoms with Crippen molar-refractivity contribution in [2.75, 3.05) is 0 Å². The third-order valence-corrected chi connectivity index (χ3v) is 2.49. The first-order valence-electron chi connectivity index (χ1n) is 5.48. The lowest BCUT2D eigenvalue weighted by Crippen LogP contribution is -2.40. The Balaban J connectivity index is 2.84. The van der Waals surface area contributed by atoms with Crippen LogP contribution in [0.2, 0.25) is 0 Å². The van der Waals surface area contributed by atoms with E-state index in [4.69, 9.17) is 5.11 Å². The van der Waals surface area contributed by atoms with Gasteiger partial charge in [-0.1, -0.05) is 13.3 Å². The first-order valence-corrected chi connectivity index (χ1v) is 5.48. The van der Waals surface area contributed by atoms with Crippen LogP contribution < -0.4 is 4.57 Å². The topological polar surface area (TPSA) is 46.1 Å². The van der Waals surface area contributed by atoms with Gasteiger partial charge >= 0.3 is 5.97 Å². The Morgan fingerprint density at radius 3 is 2.80 bits per heavy atom. The molecule has 0 fully saturated rings. The summed E-state index contributed by atoms with van der Waals surface area (Å²) in [7, 11) is 0. The monoisotopic (exact) mass is 211 g/mol. The number of rotatable bonds is 6. The van der Waals surface area contributed by atoms with Crippen molar-refractivity contribution in [3.05, 3.63) is 18.2 Å². The summed E-state index contributed by atoms with van der Waals surface area (Å²) in [6.45, 7) is 5.17. The lowest BCUT2D eigenvalue weighted by Gasteiger charge is -2.01. The van der Waals surface area contributed by atoms with Crippen LogP contribution in [-0.4, -0.2) is 15.6 Å². The van der Waals surface area contributed by atoms with Gasteiger partial charge in [0.15, 0.2) is 6.54 Å². The molecule has 1 heterocycles. The molecule has 0 amide bonds. The van der Waals surface area contributed by atoms with E-state index >= 15 is 0 Å². The van der Waals surface area contributed by atoms with Gasteiger partial charge in [-0.2, -0.15) is 0 Å². The fourth-order valence-corrected chi connectivity index (χ4v) is 1.70. The van der Waals surface area contributed by atoms with Crippen LogP contribution in [0.15, 0.2) is 12.4 Å². The van der Waals surface area contributed by atoms with Crippen LogP contribution in [0.1, 0.15) is 32.5 Å². The van der Waals surface area contributed by atoms with Gasteiger partial charge < -0.3 is 5.11 Å². The standard InChI is InChI=1S/C11H18N2O2/c1-3-5-6-10-12(4-2)7-8-13(10)9-11(14)15/h7-8H,3-6,9H2,1-2H3/p+1. The second-order valence-corrected chi connectivity index (χ2v) is 3.63. The maximum Gasteiger partial charge on any atom is 0.346 e. The summed E-state index contributed by atoms with van der Waals surface area (Å²) in [5.41, 5.74) is 0. The Morgan fingerprint density at radius 1 is 1.53 bits per heavy atom. The molecule has 0 saturated carbocycles. The third-order valence-electron chi connectivity index (χ3n) is 2.49. The molecular weight excluding hydrogens is 192 g/mol. The van der Waals surface area contributed by atoms with E-state index in [2.05, 4.69) is 18.4 Å². The second-order valence-electron chi connectivity index (χ2n) is 3.63. The predicted octanol–water partition coefficient (Wildman–Crippen LogP) is 1.22. The van der Waals surface area contributed by atoms with Gasteiger partial charge in [0.25, 0.3) is 5.82 Å². The first kappa shape index (κ1) is 11.8. The van der Waals surface area contributed by atoms with Crippen LogP contribution in [-0.2, 0) is 24.3 Å². The maximum absolute atomic E-state index is 10.7. The van der Waals surface area contributed by atoms with Gasteiger partial charge in [-0.15, -0.1) is 0 Å². The zero-order chi connectivity index (χ0) is 11.3. The quantitative estimate of drug-likeness (QED) is 0.719. The van der Waals surface area contributed by atoms with Gasteiger partial charge in [-0.25, -0.2) is 13.9 Å². The van der Waals surface area contributed by atoms with E-state index in [-0.39, 0.29) is 6.54 Å². The molecular formula is C11H19N2O2+. The Bertz CT molecular complexity index is 331. The van der Waals surface area contributed by atoms with Crippen LogP contribution in [0, 0.1) is 0 Å². The molecule has 1 aromatic rings. The third kappa shape index (κ3) is 3.08. The SMILES string of the molecule is CCCCc1n(CC)cc[n+]1CC(=O)O. The van der Waals surface area contributed by atoms with E-state index in [0.717, 1.165) is 31.6 Å². The predicted molar refractivity (Wildman–Crippen MR) is 56.5 cm³/mol. The number of carboxylic acids is 1. The number of nitrogens with zero attached hydrogens (tertiary/aromatic N) is 2. The van der Waals surface area contributed by atoms with Crippen LogP contribution in [0.3, 0.4) is 0 Å². The van der Waals surface area contributed by atoms with E-state index in [1.165, 1.54) is 0 Å². The highest BCUT2D eigenvalue weighted by Crippen LogP contribution is 2.01. The molecule has 4 heteroatoms. The number of unbranched alkanes of at least 4 members (excludes halogenated alkanes) is 1. The van der Waals surface area contributed by atoms with E-state index in [1.54, 1.807) is 0 Å². The van der Waals surface area contributed by atoms with Crippen molar-refractivity contribution in [2.45, 2.75) is 46.2 Å². The number of hydrogen-bond acceptors (Lipinski definition) is 1. The normalized spacial score (nSPS) is 10.5. The van der Waals surface area contributed by atoms with Gasteiger partial charge in [0, 0.05) is 6.42 Å². The molecule has 0 aliphatic rings. The van der Waals surface area contributed by atoms with Crippen molar-refractivity contribution in [1.82, 2.24) is 4.57 Å². The average Bonchev–Trinajstić information content (AvgIpc) is 2.56. The van der Waals surface area contributed by atoms with Crippen molar-refractivity contribution in [2.24, 2.45) is 0 Å². The molecule has 0 unspecified atom stereocenters. The summed E-state index contributed by atoms with van der Waals surface area (Å²) >= 11 is 0. The minimum Gasteiger partial charge on any atom is -0.478 e. The molecule has 0 radical (unpaired) electrons. The molecule has 1 N–H and O–H groups in total. The van der Waals surface area contributed by atoms with Gasteiger partial charge in [0.2, 0.25) is 0 Å². The van der Waals surface area contributed by atoms with Crippen LogP contribution in [0.4, 0.5) is 0 Å². The summed E-state index contributed by atoms with van der Waals surface area (Å²) in [6, 6.07) is 0. The van der Waals surface area contributed by atoms with Crippen molar-refractivity contribution < 1.29 is 14.5 Å². The molecule has 0 saturated heterocycles. The highest BCUT2D eigenvalue weighted by atomic mass is 16.4. The minimum atomic E-state index is -0.786. The zero-order valence-electron chi connectivity index (χ0n) is 9.44. The molecule has 84 valence electrons. The number of aliphatic carboxylic acids is 1. The Kier molecular flexibility index (Phi) is 4.34. The van der Waals surface area contributed by atoms with E-state index in [1.807, 2.05) is 17.0 Å². The summed E-state index contributed by atoms with van der Waals surface area (Å²) in [5, 5.41) is 8.77. The Labute approximate surface area is 90.2 Å². The molecule has 0 spiro atoms. The second kappa shape index (κ2) is 5.53. The molecule has 1 aromatic heterocycles. The smallest absolute Gasteiger partial charge is 0.346 e. The molecule has 0 aliphatic heterocycles. The number of carbonyl (C=O) groups is 1. The van der Waals surface area contributed by atoms with Crippen molar-refractivity contribution in [1.29, 1.82) is 0 Å². The summed E-state index contributed by atoms with van der Waals surface area (Å²) in [4.78, 5) is 10.7. The molecule has 0 aliphatic carbocycles. The van der Waals surface area contributed by atoms with Crippen molar-refractivity contribution >= 4 is 5.97 Å². The molecule has 0 bridgehead atoms. The highest BCUT2D eigenvalue weighted by Gasteiger charge is 2.17. The molecule has 4 nitrogen and oxygen atoms in total. The molecule has 0 atom stereocenters. The number of aryl methyl sites for hydroxylation is 1. The van der Waals surface area contributed by atoms with Gasteiger partial charge in [0.1, 0.15) is 12.4 Å². The highest BCUT2D eigenvalue weighted by molar-refractivity contribution is 5.64. The van der Waals surface area contributed by atoms with Gasteiger partial charge in [0.05, 0.1) is 6.54 Å². The van der Waals surface area contributed by atoms with Crippen LogP contribution >= 0.6 is 0 Å². The molecule has 0 aromatic carbocycles. The summed E-state index contributed by atoms with van der Waals surface area (Å²) in [5.74, 6) is 0.327. The van der Waals surface area contributed by atoms with Gasteiger partial charge in [-0.3, -0.25) is 0 Å². The summed E-state index contributed by atoms with van der Waals surface area (Å²) in [6.07, 6.45) is 6.98. The zero-order valence-corrected chi connectivity index (χ0v) is 9.44. The molecule has 1 rings (SSSR count). The Hall–Kier alpha value is -1.32. The van der Waals surface area contributed by atoms with E-state index in [0.29, 0.717) is 0 Å². The number of aromatic nitrogens is 2. The fraction of sp³-hybridized carbons (Fsp3) is 0.636. The first-order chi connectivity index (χ1) is 7.19. The van der Waals surface area contributed by atoms with Crippen LogP contribution in [0.5, 0.6) is 0 Å². The van der Waals surface area contributed by atoms with Crippen LogP contribution in [0.25, 0.3) is 0 Å². The lowest BCUT2D eigenvalue weighted by atomic mass is 10.2. The fourth-order valence-electron chi connectivity index (χ4n) is 1.70. The number of hydrogen-bond donors (Lipinski definition) is 1. The number of carboxylic acid groups (broad SMARTS) is 1. The minimum absolute atomic E-state index is 0.0616. The largest absolute Gasteiger partial charge is 0.478 e. The maximum atomic E-state index is 10.7. The van der Waals surface area contributed by atoms with Crippen molar-refractivity contribution in [3.63, 3.8) is 0 Å². The van der Waals surface area contributed by atoms with E-state index in [9.17, 15) is 4.79 Å². The Morgan fingerprint density at radius 2 is 2.27 bits per heavy atom. The van der Waals surface area contributed by atoms with Crippen molar-refractivity contribution in [3.8, 4) is 0 Å². The van der Waals surface area contributed by atoms with E-state index < -0.39 is 5.97 Å². The average molecular weight is 211 g/mol. The lowest BCUT2D eigenvalue weighted by molar-refractivity contribution is -0.692. The molecule has 15 heavy (non-hydrogen) atoms.